The van der Waals surface area contributed by atoms with E-state index in [9.17, 15) is 9.59 Å². The van der Waals surface area contributed by atoms with Gasteiger partial charge in [0.15, 0.2) is 5.16 Å². The summed E-state index contributed by atoms with van der Waals surface area (Å²) in [7, 11) is 1.91. The Morgan fingerprint density at radius 3 is 2.92 bits per heavy atom. The molecule has 0 aliphatic rings. The van der Waals surface area contributed by atoms with Crippen LogP contribution in [0.4, 0.5) is 0 Å². The van der Waals surface area contributed by atoms with Crippen molar-refractivity contribution in [2.24, 2.45) is 7.05 Å². The summed E-state index contributed by atoms with van der Waals surface area (Å²) >= 11 is 2.70. The Morgan fingerprint density at radius 1 is 1.52 bits per heavy atom. The number of imidazole rings is 1. The Bertz CT molecular complexity index is 989. The van der Waals surface area contributed by atoms with Gasteiger partial charge in [0, 0.05) is 19.4 Å². The van der Waals surface area contributed by atoms with Gasteiger partial charge >= 0.3 is 5.97 Å². The van der Waals surface area contributed by atoms with Crippen molar-refractivity contribution in [3.8, 4) is 0 Å². The zero-order valence-electron chi connectivity index (χ0n) is 14.3. The lowest BCUT2D eigenvalue weighted by Gasteiger charge is -2.10. The second kappa shape index (κ2) is 7.01. The highest BCUT2D eigenvalue weighted by atomic mass is 32.2. The number of hydrogen-bond donors (Lipinski definition) is 1. The van der Waals surface area contributed by atoms with Crippen LogP contribution in [-0.2, 0) is 11.8 Å². The molecule has 0 radical (unpaired) electrons. The number of nitrogens with zero attached hydrogens (tertiary/aromatic N) is 3. The number of aromatic amines is 1. The van der Waals surface area contributed by atoms with E-state index in [-0.39, 0.29) is 10.8 Å². The predicted molar refractivity (Wildman–Crippen MR) is 98.4 cm³/mol. The minimum atomic E-state index is -0.417. The molecule has 3 aromatic rings. The van der Waals surface area contributed by atoms with E-state index in [1.165, 1.54) is 23.1 Å². The second-order valence-corrected chi connectivity index (χ2v) is 7.80. The molecule has 1 unspecified atom stereocenters. The van der Waals surface area contributed by atoms with E-state index in [1.807, 2.05) is 24.7 Å². The van der Waals surface area contributed by atoms with Gasteiger partial charge in [-0.2, -0.15) is 0 Å². The first-order valence-corrected chi connectivity index (χ1v) is 9.46. The lowest BCUT2D eigenvalue weighted by atomic mass is 10.2. The molecule has 0 aliphatic heterocycles. The first kappa shape index (κ1) is 17.7. The molecule has 1 N–H and O–H groups in total. The summed E-state index contributed by atoms with van der Waals surface area (Å²) in [6, 6.07) is 0. The summed E-state index contributed by atoms with van der Waals surface area (Å²) in [4.78, 5) is 37.2. The number of hydrogen-bond acceptors (Lipinski definition) is 7. The Kier molecular flexibility index (Phi) is 4.96. The number of nitrogens with one attached hydrogen (secondary N) is 1. The number of esters is 1. The van der Waals surface area contributed by atoms with Crippen LogP contribution in [0.3, 0.4) is 0 Å². The molecular weight excluding hydrogens is 360 g/mol. The van der Waals surface area contributed by atoms with E-state index >= 15 is 0 Å². The SMILES string of the molecule is CCOC(=O)c1sc2nc(C(C)Sc3nccn3C)[nH]c(=O)c2c1C. The standard InChI is InChI=1S/C16H18N4O3S2/c1-5-23-15(22)11-8(2)10-13(21)18-12(19-14(10)25-11)9(3)24-16-17-6-7-20(16)4/h6-7,9H,5H2,1-4H3,(H,18,19,21). The molecule has 0 amide bonds. The molecule has 7 nitrogen and oxygen atoms in total. The maximum atomic E-state index is 12.5. The molecule has 0 saturated carbocycles. The van der Waals surface area contributed by atoms with Gasteiger partial charge in [-0.25, -0.2) is 14.8 Å². The minimum Gasteiger partial charge on any atom is -0.462 e. The van der Waals surface area contributed by atoms with Gasteiger partial charge in [0.05, 0.1) is 17.2 Å². The van der Waals surface area contributed by atoms with Crippen LogP contribution in [0, 0.1) is 6.92 Å². The van der Waals surface area contributed by atoms with Crippen molar-refractivity contribution < 1.29 is 9.53 Å². The molecule has 3 rings (SSSR count). The van der Waals surface area contributed by atoms with E-state index < -0.39 is 5.97 Å². The molecule has 0 aromatic carbocycles. The molecule has 132 valence electrons. The molecule has 0 saturated heterocycles. The summed E-state index contributed by atoms with van der Waals surface area (Å²) in [6.45, 7) is 5.74. The molecule has 0 bridgehead atoms. The highest BCUT2D eigenvalue weighted by Gasteiger charge is 2.22. The smallest absolute Gasteiger partial charge is 0.348 e. The van der Waals surface area contributed by atoms with E-state index in [4.69, 9.17) is 4.74 Å². The molecule has 1 atom stereocenters. The van der Waals surface area contributed by atoms with Crippen molar-refractivity contribution >= 4 is 39.3 Å². The lowest BCUT2D eigenvalue weighted by Crippen LogP contribution is -2.13. The van der Waals surface area contributed by atoms with Crippen molar-refractivity contribution in [1.82, 2.24) is 19.5 Å². The Morgan fingerprint density at radius 2 is 2.28 bits per heavy atom. The highest BCUT2D eigenvalue weighted by Crippen LogP contribution is 2.33. The molecular formula is C16H18N4O3S2. The lowest BCUT2D eigenvalue weighted by molar-refractivity contribution is 0.0531. The van der Waals surface area contributed by atoms with Crippen molar-refractivity contribution in [3.63, 3.8) is 0 Å². The van der Waals surface area contributed by atoms with Crippen LogP contribution in [0.2, 0.25) is 0 Å². The van der Waals surface area contributed by atoms with Crippen molar-refractivity contribution in [3.05, 3.63) is 39.0 Å². The number of aryl methyl sites for hydroxylation is 2. The number of thioether (sulfide) groups is 1. The van der Waals surface area contributed by atoms with Gasteiger partial charge in [-0.1, -0.05) is 11.8 Å². The third kappa shape index (κ3) is 3.34. The second-order valence-electron chi connectivity index (χ2n) is 5.49. The molecule has 25 heavy (non-hydrogen) atoms. The number of carbonyl (C=O) groups is 1. The van der Waals surface area contributed by atoms with Gasteiger partial charge in [-0.3, -0.25) is 4.79 Å². The van der Waals surface area contributed by atoms with Crippen LogP contribution in [-0.4, -0.2) is 32.1 Å². The first-order chi connectivity index (χ1) is 11.9. The van der Waals surface area contributed by atoms with Crippen molar-refractivity contribution in [2.45, 2.75) is 31.2 Å². The van der Waals surface area contributed by atoms with E-state index in [0.29, 0.717) is 33.1 Å². The average Bonchev–Trinajstić information content (AvgIpc) is 3.11. The fourth-order valence-electron chi connectivity index (χ4n) is 2.42. The van der Waals surface area contributed by atoms with Crippen LogP contribution in [0.25, 0.3) is 10.2 Å². The molecule has 3 heterocycles. The van der Waals surface area contributed by atoms with Crippen LogP contribution < -0.4 is 5.56 Å². The number of rotatable bonds is 5. The largest absolute Gasteiger partial charge is 0.462 e. The summed E-state index contributed by atoms with van der Waals surface area (Å²) in [6.07, 6.45) is 3.59. The summed E-state index contributed by atoms with van der Waals surface area (Å²) < 4.78 is 6.96. The average molecular weight is 378 g/mol. The molecule has 9 heteroatoms. The number of carbonyl (C=O) groups excluding carboxylic acids is 1. The van der Waals surface area contributed by atoms with Crippen LogP contribution >= 0.6 is 23.1 Å². The number of H-pyrrole nitrogens is 1. The molecule has 0 fully saturated rings. The first-order valence-electron chi connectivity index (χ1n) is 7.76. The number of aromatic nitrogens is 4. The maximum Gasteiger partial charge on any atom is 0.348 e. The third-order valence-electron chi connectivity index (χ3n) is 3.72. The normalized spacial score (nSPS) is 12.5. The van der Waals surface area contributed by atoms with Crippen LogP contribution in [0.1, 0.15) is 40.2 Å². The Balaban J connectivity index is 2.00. The summed E-state index contributed by atoms with van der Waals surface area (Å²) in [5.74, 6) is 0.140. The fourth-order valence-corrected chi connectivity index (χ4v) is 4.39. The van der Waals surface area contributed by atoms with Crippen LogP contribution in [0.5, 0.6) is 0 Å². The van der Waals surface area contributed by atoms with Gasteiger partial charge in [-0.15, -0.1) is 11.3 Å². The molecule has 0 aliphatic carbocycles. The van der Waals surface area contributed by atoms with Gasteiger partial charge in [-0.05, 0) is 26.3 Å². The topological polar surface area (TPSA) is 89.9 Å². The number of fused-ring (bicyclic) bond motifs is 1. The van der Waals surface area contributed by atoms with E-state index in [2.05, 4.69) is 15.0 Å². The summed E-state index contributed by atoms with van der Waals surface area (Å²) in [5, 5.41) is 1.20. The molecule has 0 spiro atoms. The Labute approximate surface area is 152 Å². The summed E-state index contributed by atoms with van der Waals surface area (Å²) in [5.41, 5.74) is 0.375. The zero-order chi connectivity index (χ0) is 18.1. The monoisotopic (exact) mass is 378 g/mol. The number of thiophene rings is 1. The van der Waals surface area contributed by atoms with Gasteiger partial charge < -0.3 is 14.3 Å². The van der Waals surface area contributed by atoms with Gasteiger partial charge in [0.25, 0.3) is 5.56 Å². The fraction of sp³-hybridized carbons (Fsp3) is 0.375. The third-order valence-corrected chi connectivity index (χ3v) is 6.07. The van der Waals surface area contributed by atoms with Gasteiger partial charge in [0.2, 0.25) is 0 Å². The van der Waals surface area contributed by atoms with Crippen molar-refractivity contribution in [1.29, 1.82) is 0 Å². The van der Waals surface area contributed by atoms with Crippen molar-refractivity contribution in [2.75, 3.05) is 6.61 Å². The maximum absolute atomic E-state index is 12.5. The van der Waals surface area contributed by atoms with E-state index in [0.717, 1.165) is 5.16 Å². The van der Waals surface area contributed by atoms with E-state index in [1.54, 1.807) is 20.0 Å². The number of ether oxygens (including phenoxy) is 1. The zero-order valence-corrected chi connectivity index (χ0v) is 16.0. The van der Waals surface area contributed by atoms with Crippen LogP contribution in [0.15, 0.2) is 22.3 Å². The minimum absolute atomic E-state index is 0.0911. The molecule has 3 aromatic heterocycles. The quantitative estimate of drug-likeness (QED) is 0.542. The Hall–Kier alpha value is -2.13. The van der Waals surface area contributed by atoms with Gasteiger partial charge in [0.1, 0.15) is 15.5 Å². The predicted octanol–water partition coefficient (Wildman–Crippen LogP) is 3.06. The highest BCUT2D eigenvalue weighted by molar-refractivity contribution is 7.99.